The van der Waals surface area contributed by atoms with E-state index in [4.69, 9.17) is 5.73 Å². The van der Waals surface area contributed by atoms with Crippen molar-refractivity contribution < 1.29 is 9.59 Å². The lowest BCUT2D eigenvalue weighted by Gasteiger charge is -2.23. The van der Waals surface area contributed by atoms with E-state index in [-0.39, 0.29) is 18.4 Å². The van der Waals surface area contributed by atoms with Gasteiger partial charge in [0.05, 0.1) is 17.6 Å². The molecular weight excluding hydrogens is 254 g/mol. The van der Waals surface area contributed by atoms with Gasteiger partial charge in [0.15, 0.2) is 0 Å². The zero-order valence-electron chi connectivity index (χ0n) is 11.7. The van der Waals surface area contributed by atoms with Gasteiger partial charge >= 0.3 is 0 Å². The minimum absolute atomic E-state index is 0.0614. The first-order valence-corrected chi connectivity index (χ1v) is 6.62. The number of rotatable bonds is 5. The molecule has 0 fully saturated rings. The molecule has 0 unspecified atom stereocenters. The lowest BCUT2D eigenvalue weighted by atomic mass is 10.1. The first-order valence-electron chi connectivity index (χ1n) is 6.62. The van der Waals surface area contributed by atoms with E-state index in [0.717, 1.165) is 10.9 Å². The highest BCUT2D eigenvalue weighted by Gasteiger charge is 2.20. The van der Waals surface area contributed by atoms with Crippen LogP contribution in [0, 0.1) is 5.92 Å². The number of amides is 2. The fraction of sp³-hybridized carbons (Fsp3) is 0.333. The topological polar surface area (TPSA) is 79.2 Å². The number of primary amides is 1. The Kier molecular flexibility index (Phi) is 4.08. The number of benzene rings is 1. The largest absolute Gasteiger partial charge is 0.368 e. The second kappa shape index (κ2) is 5.77. The van der Waals surface area contributed by atoms with Crippen molar-refractivity contribution >= 4 is 22.7 Å². The van der Waals surface area contributed by atoms with E-state index in [0.29, 0.717) is 12.1 Å². The minimum atomic E-state index is -0.502. The number of H-pyrrole nitrogens is 1. The highest BCUT2D eigenvalue weighted by Crippen LogP contribution is 2.19. The number of aromatic nitrogens is 1. The van der Waals surface area contributed by atoms with Gasteiger partial charge in [0.2, 0.25) is 5.91 Å². The average molecular weight is 273 g/mol. The maximum absolute atomic E-state index is 12.6. The molecule has 0 bridgehead atoms. The molecule has 0 aliphatic rings. The van der Waals surface area contributed by atoms with Crippen molar-refractivity contribution in [3.63, 3.8) is 0 Å². The van der Waals surface area contributed by atoms with Gasteiger partial charge < -0.3 is 15.6 Å². The Morgan fingerprint density at radius 2 is 2.05 bits per heavy atom. The number of hydrogen-bond acceptors (Lipinski definition) is 2. The van der Waals surface area contributed by atoms with Crippen LogP contribution in [0.2, 0.25) is 0 Å². The zero-order chi connectivity index (χ0) is 14.7. The highest BCUT2D eigenvalue weighted by atomic mass is 16.2. The molecule has 1 heterocycles. The molecule has 20 heavy (non-hydrogen) atoms. The second-order valence-corrected chi connectivity index (χ2v) is 5.29. The van der Waals surface area contributed by atoms with Crippen molar-refractivity contribution in [1.82, 2.24) is 9.88 Å². The molecule has 0 radical (unpaired) electrons. The summed E-state index contributed by atoms with van der Waals surface area (Å²) in [5.74, 6) is -0.413. The van der Waals surface area contributed by atoms with E-state index < -0.39 is 5.91 Å². The Morgan fingerprint density at radius 3 is 2.70 bits per heavy atom. The first kappa shape index (κ1) is 14.1. The van der Waals surface area contributed by atoms with Gasteiger partial charge in [-0.1, -0.05) is 26.0 Å². The monoisotopic (exact) mass is 273 g/mol. The van der Waals surface area contributed by atoms with Crippen molar-refractivity contribution in [3.8, 4) is 0 Å². The van der Waals surface area contributed by atoms with E-state index >= 15 is 0 Å². The molecule has 106 valence electrons. The first-order chi connectivity index (χ1) is 9.49. The predicted octanol–water partition coefficient (Wildman–Crippen LogP) is 1.75. The summed E-state index contributed by atoms with van der Waals surface area (Å²) in [5.41, 5.74) is 6.59. The SMILES string of the molecule is CC(C)CN(CC(N)=O)C(=O)c1cccc2cc[nH]c12. The summed E-state index contributed by atoms with van der Waals surface area (Å²) in [5, 5.41) is 0.972. The lowest BCUT2D eigenvalue weighted by Crippen LogP contribution is -2.40. The summed E-state index contributed by atoms with van der Waals surface area (Å²) < 4.78 is 0. The molecule has 0 spiro atoms. The van der Waals surface area contributed by atoms with Crippen LogP contribution in [0.15, 0.2) is 30.5 Å². The smallest absolute Gasteiger partial charge is 0.256 e. The van der Waals surface area contributed by atoms with Gasteiger partial charge in [0, 0.05) is 18.1 Å². The molecule has 0 atom stereocenters. The molecule has 0 saturated heterocycles. The lowest BCUT2D eigenvalue weighted by molar-refractivity contribution is -0.118. The Bertz CT molecular complexity index is 631. The van der Waals surface area contributed by atoms with Gasteiger partial charge in [-0.3, -0.25) is 9.59 Å². The number of para-hydroxylation sites is 1. The number of nitrogens with one attached hydrogen (secondary N) is 1. The number of carbonyl (C=O) groups is 2. The predicted molar refractivity (Wildman–Crippen MR) is 78.2 cm³/mol. The molecule has 5 heteroatoms. The summed E-state index contributed by atoms with van der Waals surface area (Å²) in [6, 6.07) is 7.44. The maximum atomic E-state index is 12.6. The van der Waals surface area contributed by atoms with Crippen molar-refractivity contribution in [2.75, 3.05) is 13.1 Å². The Labute approximate surface area is 117 Å². The fourth-order valence-corrected chi connectivity index (χ4v) is 2.28. The highest BCUT2D eigenvalue weighted by molar-refractivity contribution is 6.06. The van der Waals surface area contributed by atoms with Crippen molar-refractivity contribution in [1.29, 1.82) is 0 Å². The maximum Gasteiger partial charge on any atom is 0.256 e. The summed E-state index contributed by atoms with van der Waals surface area (Å²) >= 11 is 0. The van der Waals surface area contributed by atoms with Crippen LogP contribution in [0.25, 0.3) is 10.9 Å². The molecule has 2 amide bonds. The Hall–Kier alpha value is -2.30. The van der Waals surface area contributed by atoms with Crippen LogP contribution in [0.5, 0.6) is 0 Å². The van der Waals surface area contributed by atoms with E-state index in [9.17, 15) is 9.59 Å². The Balaban J connectivity index is 2.35. The number of aromatic amines is 1. The average Bonchev–Trinajstić information content (AvgIpc) is 2.83. The third-order valence-corrected chi connectivity index (χ3v) is 3.04. The van der Waals surface area contributed by atoms with Crippen LogP contribution in [0.3, 0.4) is 0 Å². The van der Waals surface area contributed by atoms with Crippen molar-refractivity contribution in [2.45, 2.75) is 13.8 Å². The van der Waals surface area contributed by atoms with Crippen LogP contribution in [0.4, 0.5) is 0 Å². The molecule has 0 aliphatic heterocycles. The summed E-state index contributed by atoms with van der Waals surface area (Å²) in [7, 11) is 0. The fourth-order valence-electron chi connectivity index (χ4n) is 2.28. The van der Waals surface area contributed by atoms with Crippen LogP contribution < -0.4 is 5.73 Å². The third-order valence-electron chi connectivity index (χ3n) is 3.04. The summed E-state index contributed by atoms with van der Waals surface area (Å²) in [6.45, 7) is 4.43. The van der Waals surface area contributed by atoms with Gasteiger partial charge in [0.25, 0.3) is 5.91 Å². The molecule has 5 nitrogen and oxygen atoms in total. The summed E-state index contributed by atoms with van der Waals surface area (Å²) in [6.07, 6.45) is 1.79. The molecule has 0 aliphatic carbocycles. The Morgan fingerprint density at radius 1 is 1.30 bits per heavy atom. The van der Waals surface area contributed by atoms with Crippen LogP contribution in [-0.4, -0.2) is 34.8 Å². The normalized spacial score (nSPS) is 10.9. The molecule has 1 aromatic carbocycles. The van der Waals surface area contributed by atoms with E-state index in [1.165, 1.54) is 4.90 Å². The quantitative estimate of drug-likeness (QED) is 0.870. The van der Waals surface area contributed by atoms with E-state index in [1.807, 2.05) is 32.0 Å². The molecule has 3 N–H and O–H groups in total. The second-order valence-electron chi connectivity index (χ2n) is 5.29. The van der Waals surface area contributed by atoms with Crippen LogP contribution in [0.1, 0.15) is 24.2 Å². The number of carbonyl (C=O) groups excluding carboxylic acids is 2. The number of nitrogens with two attached hydrogens (primary N) is 1. The minimum Gasteiger partial charge on any atom is -0.368 e. The molecule has 2 rings (SSSR count). The molecular formula is C15H19N3O2. The van der Waals surface area contributed by atoms with Crippen LogP contribution in [-0.2, 0) is 4.79 Å². The molecule has 1 aromatic heterocycles. The van der Waals surface area contributed by atoms with Crippen molar-refractivity contribution in [2.24, 2.45) is 11.7 Å². The summed E-state index contributed by atoms with van der Waals surface area (Å²) in [4.78, 5) is 28.4. The zero-order valence-corrected chi connectivity index (χ0v) is 11.7. The van der Waals surface area contributed by atoms with Crippen LogP contribution >= 0.6 is 0 Å². The van der Waals surface area contributed by atoms with Gasteiger partial charge in [0.1, 0.15) is 0 Å². The van der Waals surface area contributed by atoms with Gasteiger partial charge in [-0.2, -0.15) is 0 Å². The third kappa shape index (κ3) is 2.99. The van der Waals surface area contributed by atoms with Crippen molar-refractivity contribution in [3.05, 3.63) is 36.0 Å². The van der Waals surface area contributed by atoms with Gasteiger partial charge in [-0.25, -0.2) is 0 Å². The van der Waals surface area contributed by atoms with E-state index in [1.54, 1.807) is 12.3 Å². The van der Waals surface area contributed by atoms with Gasteiger partial charge in [-0.15, -0.1) is 0 Å². The molecule has 0 saturated carbocycles. The number of nitrogens with zero attached hydrogens (tertiary/aromatic N) is 1. The molecule has 2 aromatic rings. The number of hydrogen-bond donors (Lipinski definition) is 2. The number of fused-ring (bicyclic) bond motifs is 1. The standard InChI is InChI=1S/C15H19N3O2/c1-10(2)8-18(9-13(16)19)15(20)12-5-3-4-11-6-7-17-14(11)12/h3-7,10,17H,8-9H2,1-2H3,(H2,16,19). The van der Waals surface area contributed by atoms with Gasteiger partial charge in [-0.05, 0) is 18.1 Å². The van der Waals surface area contributed by atoms with E-state index in [2.05, 4.69) is 4.98 Å².